The van der Waals surface area contributed by atoms with Gasteiger partial charge in [0.05, 0.1) is 14.2 Å². The van der Waals surface area contributed by atoms with Gasteiger partial charge in [-0.2, -0.15) is 0 Å². The van der Waals surface area contributed by atoms with Crippen molar-refractivity contribution >= 4 is 0 Å². The lowest BCUT2D eigenvalue weighted by atomic mass is 9.71. The second-order valence-electron chi connectivity index (χ2n) is 6.01. The third-order valence-corrected chi connectivity index (χ3v) is 4.96. The molecule has 0 aliphatic heterocycles. The van der Waals surface area contributed by atoms with Crippen LogP contribution in [0.4, 0.5) is 0 Å². The van der Waals surface area contributed by atoms with Crippen LogP contribution in [0.25, 0.3) is 11.1 Å². The molecule has 2 nitrogen and oxygen atoms in total. The molecule has 0 amide bonds. The third-order valence-electron chi connectivity index (χ3n) is 4.96. The van der Waals surface area contributed by atoms with Gasteiger partial charge in [-0.25, -0.2) is 0 Å². The zero-order valence-corrected chi connectivity index (χ0v) is 12.6. The lowest BCUT2D eigenvalue weighted by Crippen LogP contribution is -2.19. The molecular formula is C19H20O2. The Hall–Kier alpha value is -1.96. The lowest BCUT2D eigenvalue weighted by Gasteiger charge is -2.35. The first-order chi connectivity index (χ1) is 10.3. The van der Waals surface area contributed by atoms with Crippen LogP contribution >= 0.6 is 0 Å². The fourth-order valence-corrected chi connectivity index (χ4v) is 4.10. The van der Waals surface area contributed by atoms with Gasteiger partial charge >= 0.3 is 0 Å². The van der Waals surface area contributed by atoms with Crippen LogP contribution in [-0.4, -0.2) is 14.2 Å². The summed E-state index contributed by atoms with van der Waals surface area (Å²) in [6.07, 6.45) is 4.87. The van der Waals surface area contributed by atoms with E-state index in [1.54, 1.807) is 14.2 Å². The minimum absolute atomic E-state index is 0.637. The van der Waals surface area contributed by atoms with Crippen molar-refractivity contribution in [2.24, 2.45) is 0 Å². The molecule has 2 aliphatic rings. The summed E-state index contributed by atoms with van der Waals surface area (Å²) in [5.41, 5.74) is 7.00. The molecule has 21 heavy (non-hydrogen) atoms. The van der Waals surface area contributed by atoms with Crippen LogP contribution in [0.2, 0.25) is 0 Å². The number of benzene rings is 2. The van der Waals surface area contributed by atoms with E-state index < -0.39 is 0 Å². The van der Waals surface area contributed by atoms with Crippen molar-refractivity contribution in [2.45, 2.75) is 31.6 Å². The molecule has 4 rings (SSSR count). The van der Waals surface area contributed by atoms with E-state index in [4.69, 9.17) is 9.47 Å². The first-order valence-corrected chi connectivity index (χ1v) is 7.69. The van der Waals surface area contributed by atoms with E-state index in [1.807, 2.05) is 0 Å². The van der Waals surface area contributed by atoms with E-state index in [2.05, 4.69) is 30.3 Å². The summed E-state index contributed by atoms with van der Waals surface area (Å²) >= 11 is 0. The van der Waals surface area contributed by atoms with E-state index in [-0.39, 0.29) is 0 Å². The molecular weight excluding hydrogens is 260 g/mol. The van der Waals surface area contributed by atoms with Crippen molar-refractivity contribution in [3.8, 4) is 22.6 Å². The quantitative estimate of drug-likeness (QED) is 0.814. The van der Waals surface area contributed by atoms with E-state index in [1.165, 1.54) is 40.7 Å². The molecule has 0 fully saturated rings. The monoisotopic (exact) mass is 280 g/mol. The molecule has 0 radical (unpaired) electrons. The Morgan fingerprint density at radius 1 is 1.05 bits per heavy atom. The SMILES string of the molecule is COc1cc2c3c(c1OC)-c1ccccc1C[C@H]3CCC2. The molecule has 0 unspecified atom stereocenters. The van der Waals surface area contributed by atoms with E-state index in [9.17, 15) is 0 Å². The van der Waals surface area contributed by atoms with Crippen molar-refractivity contribution in [2.75, 3.05) is 14.2 Å². The summed E-state index contributed by atoms with van der Waals surface area (Å²) in [6, 6.07) is 10.9. The Morgan fingerprint density at radius 2 is 1.90 bits per heavy atom. The molecule has 0 heterocycles. The Balaban J connectivity index is 2.09. The molecule has 2 aliphatic carbocycles. The van der Waals surface area contributed by atoms with Crippen LogP contribution in [0.15, 0.2) is 30.3 Å². The largest absolute Gasteiger partial charge is 0.493 e. The van der Waals surface area contributed by atoms with Gasteiger partial charge in [0, 0.05) is 5.56 Å². The van der Waals surface area contributed by atoms with Crippen LogP contribution in [0, 0.1) is 0 Å². The molecule has 2 aromatic carbocycles. The molecule has 108 valence electrons. The van der Waals surface area contributed by atoms with Crippen molar-refractivity contribution in [1.29, 1.82) is 0 Å². The van der Waals surface area contributed by atoms with E-state index >= 15 is 0 Å². The summed E-state index contributed by atoms with van der Waals surface area (Å²) in [5, 5.41) is 0. The predicted molar refractivity (Wildman–Crippen MR) is 84.4 cm³/mol. The molecule has 0 aromatic heterocycles. The minimum atomic E-state index is 0.637. The number of hydrogen-bond donors (Lipinski definition) is 0. The summed E-state index contributed by atoms with van der Waals surface area (Å²) in [6.45, 7) is 0. The summed E-state index contributed by atoms with van der Waals surface area (Å²) in [5.74, 6) is 2.40. The van der Waals surface area contributed by atoms with Crippen LogP contribution in [-0.2, 0) is 12.8 Å². The maximum atomic E-state index is 5.74. The van der Waals surface area contributed by atoms with Crippen LogP contribution in [0.1, 0.15) is 35.4 Å². The number of aryl methyl sites for hydroxylation is 1. The fourth-order valence-electron chi connectivity index (χ4n) is 4.10. The maximum absolute atomic E-state index is 5.74. The third kappa shape index (κ3) is 1.78. The van der Waals surface area contributed by atoms with Crippen LogP contribution < -0.4 is 9.47 Å². The van der Waals surface area contributed by atoms with Gasteiger partial charge in [-0.15, -0.1) is 0 Å². The van der Waals surface area contributed by atoms with Crippen LogP contribution in [0.3, 0.4) is 0 Å². The molecule has 0 spiro atoms. The Bertz CT molecular complexity index is 703. The molecule has 2 aromatic rings. The first kappa shape index (κ1) is 12.8. The Morgan fingerprint density at radius 3 is 2.71 bits per heavy atom. The van der Waals surface area contributed by atoms with Crippen molar-refractivity contribution < 1.29 is 9.47 Å². The fraction of sp³-hybridized carbons (Fsp3) is 0.368. The van der Waals surface area contributed by atoms with E-state index in [0.29, 0.717) is 5.92 Å². The molecule has 0 saturated carbocycles. The molecule has 0 N–H and O–H groups in total. The molecule has 0 bridgehead atoms. The van der Waals surface area contributed by atoms with Crippen LogP contribution in [0.5, 0.6) is 11.5 Å². The predicted octanol–water partition coefficient (Wildman–Crippen LogP) is 4.35. The summed E-state index contributed by atoms with van der Waals surface area (Å²) in [7, 11) is 3.47. The topological polar surface area (TPSA) is 18.5 Å². The number of fused-ring (bicyclic) bond motifs is 2. The zero-order valence-electron chi connectivity index (χ0n) is 12.6. The highest BCUT2D eigenvalue weighted by Gasteiger charge is 2.33. The van der Waals surface area contributed by atoms with Crippen molar-refractivity contribution in [3.63, 3.8) is 0 Å². The Kier molecular flexibility index (Phi) is 2.91. The highest BCUT2D eigenvalue weighted by atomic mass is 16.5. The van der Waals surface area contributed by atoms with Gasteiger partial charge in [0.25, 0.3) is 0 Å². The number of rotatable bonds is 2. The zero-order chi connectivity index (χ0) is 14.4. The van der Waals surface area contributed by atoms with Gasteiger partial charge in [-0.05, 0) is 59.9 Å². The van der Waals surface area contributed by atoms with E-state index in [0.717, 1.165) is 24.3 Å². The van der Waals surface area contributed by atoms with Gasteiger partial charge in [-0.1, -0.05) is 24.3 Å². The second-order valence-corrected chi connectivity index (χ2v) is 6.01. The second kappa shape index (κ2) is 4.80. The number of methoxy groups -OCH3 is 2. The normalized spacial score (nSPS) is 18.7. The average Bonchev–Trinajstić information content (AvgIpc) is 2.54. The lowest BCUT2D eigenvalue weighted by molar-refractivity contribution is 0.353. The highest BCUT2D eigenvalue weighted by molar-refractivity contribution is 5.83. The van der Waals surface area contributed by atoms with Gasteiger partial charge < -0.3 is 9.47 Å². The average molecular weight is 280 g/mol. The van der Waals surface area contributed by atoms with Gasteiger partial charge in [0.1, 0.15) is 0 Å². The van der Waals surface area contributed by atoms with Crippen molar-refractivity contribution in [1.82, 2.24) is 0 Å². The van der Waals surface area contributed by atoms with Crippen molar-refractivity contribution in [3.05, 3.63) is 47.0 Å². The van der Waals surface area contributed by atoms with Gasteiger partial charge in [0.15, 0.2) is 11.5 Å². The smallest absolute Gasteiger partial charge is 0.168 e. The molecule has 0 saturated heterocycles. The minimum Gasteiger partial charge on any atom is -0.493 e. The standard InChI is InChI=1S/C19H20O2/c1-20-16-11-14-8-5-7-13-10-12-6-3-4-9-15(12)18(17(13)14)19(16)21-2/h3-4,6,9,11,13H,5,7-8,10H2,1-2H3/t13-/m1/s1. The maximum Gasteiger partial charge on any atom is 0.168 e. The number of hydrogen-bond acceptors (Lipinski definition) is 2. The number of ether oxygens (including phenoxy) is 2. The summed E-state index contributed by atoms with van der Waals surface area (Å²) in [4.78, 5) is 0. The first-order valence-electron chi connectivity index (χ1n) is 7.69. The summed E-state index contributed by atoms with van der Waals surface area (Å²) < 4.78 is 11.3. The highest BCUT2D eigenvalue weighted by Crippen LogP contribution is 2.52. The molecule has 1 atom stereocenters. The van der Waals surface area contributed by atoms with Gasteiger partial charge in [-0.3, -0.25) is 0 Å². The molecule has 2 heteroatoms. The van der Waals surface area contributed by atoms with Gasteiger partial charge in [0.2, 0.25) is 0 Å². The Labute approximate surface area is 125 Å².